The van der Waals surface area contributed by atoms with Gasteiger partial charge in [-0.2, -0.15) is 4.99 Å². The number of hydrogen-bond acceptors (Lipinski definition) is 5. The van der Waals surface area contributed by atoms with Gasteiger partial charge in [0, 0.05) is 11.6 Å². The molecule has 1 aromatic heterocycles. The first-order chi connectivity index (χ1) is 7.61. The van der Waals surface area contributed by atoms with E-state index in [9.17, 15) is 13.2 Å². The van der Waals surface area contributed by atoms with Crippen molar-refractivity contribution in [1.29, 1.82) is 0 Å². The molecule has 0 aliphatic carbocycles. The number of nitrogens with zero attached hydrogens (tertiary/aromatic N) is 2. The molecule has 0 amide bonds. The minimum atomic E-state index is -2.89. The highest BCUT2D eigenvalue weighted by atomic mass is 32.2. The number of hydrogen-bond donors (Lipinski definition) is 0. The Balaban J connectivity index is 2.20. The molecule has 0 aromatic carbocycles. The van der Waals surface area contributed by atoms with Crippen LogP contribution < -0.4 is 0 Å². The van der Waals surface area contributed by atoms with Crippen LogP contribution in [0.3, 0.4) is 0 Å². The zero-order valence-corrected chi connectivity index (χ0v) is 9.27. The average Bonchev–Trinajstić information content (AvgIpc) is 2.61. The Kier molecular flexibility index (Phi) is 2.85. The summed E-state index contributed by atoms with van der Waals surface area (Å²) in [7, 11) is -2.89. The highest BCUT2D eigenvalue weighted by Gasteiger charge is 2.29. The van der Waals surface area contributed by atoms with Crippen LogP contribution in [0.4, 0.5) is 5.69 Å². The Labute approximate surface area is 93.2 Å². The van der Waals surface area contributed by atoms with Crippen LogP contribution in [0, 0.1) is 0 Å². The Bertz CT molecular complexity index is 530. The van der Waals surface area contributed by atoms with Crippen molar-refractivity contribution in [2.45, 2.75) is 12.3 Å². The van der Waals surface area contributed by atoms with Crippen LogP contribution in [0.15, 0.2) is 23.3 Å². The van der Waals surface area contributed by atoms with Gasteiger partial charge < -0.3 is 0 Å². The topological polar surface area (TPSA) is 76.5 Å². The van der Waals surface area contributed by atoms with Crippen molar-refractivity contribution in [2.75, 3.05) is 11.5 Å². The molecule has 1 unspecified atom stereocenters. The molecule has 2 rings (SSSR count). The molecule has 1 aliphatic rings. The van der Waals surface area contributed by atoms with E-state index in [0.717, 1.165) is 5.69 Å². The lowest BCUT2D eigenvalue weighted by Gasteiger charge is -2.05. The Morgan fingerprint density at radius 3 is 2.75 bits per heavy atom. The summed E-state index contributed by atoms with van der Waals surface area (Å²) in [4.78, 5) is 17.5. The van der Waals surface area contributed by atoms with E-state index in [1.54, 1.807) is 12.1 Å². The van der Waals surface area contributed by atoms with Gasteiger partial charge in [0.1, 0.15) is 0 Å². The molecule has 0 N–H and O–H groups in total. The van der Waals surface area contributed by atoms with Crippen molar-refractivity contribution in [3.63, 3.8) is 0 Å². The summed E-state index contributed by atoms with van der Waals surface area (Å²) >= 11 is 0. The summed E-state index contributed by atoms with van der Waals surface area (Å²) in [6.45, 7) is 0. The molecule has 1 aromatic rings. The van der Waals surface area contributed by atoms with Crippen LogP contribution in [0.5, 0.6) is 0 Å². The summed E-state index contributed by atoms with van der Waals surface area (Å²) < 4.78 is 22.6. The van der Waals surface area contributed by atoms with Crippen molar-refractivity contribution in [3.05, 3.63) is 24.0 Å². The molecule has 84 valence electrons. The van der Waals surface area contributed by atoms with Crippen LogP contribution in [0.25, 0.3) is 0 Å². The third kappa shape index (κ3) is 2.35. The predicted octanol–water partition coefficient (Wildman–Crippen LogP) is 0.951. The summed E-state index contributed by atoms with van der Waals surface area (Å²) in [5, 5.41) is 0. The normalized spacial score (nSPS) is 22.6. The number of carbonyl (C=O) groups excluding carboxylic acids is 1. The number of sulfone groups is 1. The Morgan fingerprint density at radius 1 is 1.44 bits per heavy atom. The SMILES string of the molecule is O=C=Nc1ccc(C2CCS(=O)(=O)C2)nc1. The molecule has 0 saturated carbocycles. The first-order valence-corrected chi connectivity index (χ1v) is 6.67. The molecule has 6 heteroatoms. The molecule has 1 saturated heterocycles. The summed E-state index contributed by atoms with van der Waals surface area (Å²) in [5.41, 5.74) is 1.17. The molecule has 0 bridgehead atoms. The van der Waals surface area contributed by atoms with E-state index in [1.165, 1.54) is 12.3 Å². The lowest BCUT2D eigenvalue weighted by molar-refractivity contribution is 0.565. The second kappa shape index (κ2) is 4.15. The van der Waals surface area contributed by atoms with E-state index in [2.05, 4.69) is 9.98 Å². The Morgan fingerprint density at radius 2 is 2.25 bits per heavy atom. The average molecular weight is 238 g/mol. The van der Waals surface area contributed by atoms with Crippen LogP contribution in [-0.4, -0.2) is 31.0 Å². The third-order valence-electron chi connectivity index (χ3n) is 2.60. The molecular weight excluding hydrogens is 228 g/mol. The fourth-order valence-electron chi connectivity index (χ4n) is 1.79. The summed E-state index contributed by atoms with van der Waals surface area (Å²) in [5.74, 6) is 0.364. The minimum absolute atomic E-state index is 0.0285. The number of isocyanates is 1. The number of aliphatic imine (C=N–C) groups is 1. The molecule has 0 spiro atoms. The molecule has 1 aliphatic heterocycles. The largest absolute Gasteiger partial charge is 0.259 e. The van der Waals surface area contributed by atoms with Gasteiger partial charge in [0.15, 0.2) is 9.84 Å². The van der Waals surface area contributed by atoms with Crippen LogP contribution in [0.2, 0.25) is 0 Å². The molecular formula is C10H10N2O3S. The standard InChI is InChI=1S/C10H10N2O3S/c13-7-12-9-1-2-10(11-5-9)8-3-4-16(14,15)6-8/h1-2,5,8H,3-4,6H2. The quantitative estimate of drug-likeness (QED) is 0.567. The van der Waals surface area contributed by atoms with Crippen LogP contribution >= 0.6 is 0 Å². The van der Waals surface area contributed by atoms with E-state index in [1.807, 2.05) is 0 Å². The maximum Gasteiger partial charge on any atom is 0.240 e. The monoisotopic (exact) mass is 238 g/mol. The van der Waals surface area contributed by atoms with Gasteiger partial charge in [-0.15, -0.1) is 0 Å². The van der Waals surface area contributed by atoms with E-state index in [0.29, 0.717) is 12.1 Å². The number of pyridine rings is 1. The second-order valence-corrected chi connectivity index (χ2v) is 5.97. The van der Waals surface area contributed by atoms with Gasteiger partial charge in [-0.1, -0.05) is 0 Å². The number of aromatic nitrogens is 1. The predicted molar refractivity (Wildman–Crippen MR) is 58.0 cm³/mol. The zero-order valence-electron chi connectivity index (χ0n) is 8.46. The third-order valence-corrected chi connectivity index (χ3v) is 4.36. The van der Waals surface area contributed by atoms with Crippen molar-refractivity contribution in [1.82, 2.24) is 4.98 Å². The summed E-state index contributed by atoms with van der Waals surface area (Å²) in [6, 6.07) is 3.35. The van der Waals surface area contributed by atoms with Gasteiger partial charge >= 0.3 is 0 Å². The zero-order chi connectivity index (χ0) is 11.6. The lowest BCUT2D eigenvalue weighted by Crippen LogP contribution is -2.04. The first-order valence-electron chi connectivity index (χ1n) is 4.85. The molecule has 1 atom stereocenters. The van der Waals surface area contributed by atoms with Crippen molar-refractivity contribution >= 4 is 21.6 Å². The van der Waals surface area contributed by atoms with E-state index < -0.39 is 9.84 Å². The summed E-state index contributed by atoms with van der Waals surface area (Å²) in [6.07, 6.45) is 3.49. The molecule has 2 heterocycles. The van der Waals surface area contributed by atoms with Crippen LogP contribution in [0.1, 0.15) is 18.0 Å². The second-order valence-electron chi connectivity index (χ2n) is 3.74. The smallest absolute Gasteiger partial charge is 0.240 e. The van der Waals surface area contributed by atoms with Crippen LogP contribution in [-0.2, 0) is 14.6 Å². The Hall–Kier alpha value is -1.52. The molecule has 16 heavy (non-hydrogen) atoms. The van der Waals surface area contributed by atoms with Crippen molar-refractivity contribution in [3.8, 4) is 0 Å². The van der Waals surface area contributed by atoms with Gasteiger partial charge in [-0.25, -0.2) is 13.2 Å². The maximum absolute atomic E-state index is 11.3. The highest BCUT2D eigenvalue weighted by Crippen LogP contribution is 2.28. The number of rotatable bonds is 2. The van der Waals surface area contributed by atoms with Gasteiger partial charge in [0.05, 0.1) is 23.4 Å². The van der Waals surface area contributed by atoms with E-state index in [-0.39, 0.29) is 17.4 Å². The van der Waals surface area contributed by atoms with Gasteiger partial charge in [0.2, 0.25) is 6.08 Å². The van der Waals surface area contributed by atoms with Crippen molar-refractivity contribution < 1.29 is 13.2 Å². The first kappa shape index (κ1) is 11.0. The van der Waals surface area contributed by atoms with E-state index in [4.69, 9.17) is 0 Å². The molecule has 1 fully saturated rings. The molecule has 0 radical (unpaired) electrons. The van der Waals surface area contributed by atoms with Gasteiger partial charge in [-0.3, -0.25) is 4.98 Å². The lowest BCUT2D eigenvalue weighted by atomic mass is 10.0. The minimum Gasteiger partial charge on any atom is -0.259 e. The fourth-order valence-corrected chi connectivity index (χ4v) is 3.55. The van der Waals surface area contributed by atoms with Gasteiger partial charge in [0.25, 0.3) is 0 Å². The fraction of sp³-hybridized carbons (Fsp3) is 0.400. The maximum atomic E-state index is 11.3. The molecule has 5 nitrogen and oxygen atoms in total. The van der Waals surface area contributed by atoms with Crippen molar-refractivity contribution in [2.24, 2.45) is 4.99 Å². The van der Waals surface area contributed by atoms with E-state index >= 15 is 0 Å². The highest BCUT2D eigenvalue weighted by molar-refractivity contribution is 7.91. The van der Waals surface area contributed by atoms with Gasteiger partial charge in [-0.05, 0) is 18.6 Å².